The van der Waals surface area contributed by atoms with Crippen LogP contribution in [0, 0.1) is 23.3 Å². The van der Waals surface area contributed by atoms with Crippen LogP contribution in [-0.4, -0.2) is 44.9 Å². The summed E-state index contributed by atoms with van der Waals surface area (Å²) in [5.74, 6) is -20.3. The van der Waals surface area contributed by atoms with Crippen molar-refractivity contribution in [3.05, 3.63) is 67.6 Å². The van der Waals surface area contributed by atoms with Gasteiger partial charge in [0, 0.05) is 0 Å². The topological polar surface area (TPSA) is 9.23 Å². The van der Waals surface area contributed by atoms with Gasteiger partial charge in [0.15, 0.2) is 46.9 Å². The minimum atomic E-state index is -5.28. The Balaban J connectivity index is 2.52. The Hall–Kier alpha value is -2.33. The van der Waals surface area contributed by atoms with Gasteiger partial charge in [0.1, 0.15) is 23.3 Å². The summed E-state index contributed by atoms with van der Waals surface area (Å²) in [4.78, 5) is 0. The molecular formula is C21H13AlF12O. The second-order valence-electron chi connectivity index (χ2n) is 8.17. The van der Waals surface area contributed by atoms with E-state index in [9.17, 15) is 48.3 Å². The first kappa shape index (κ1) is 27.3. The fourth-order valence-corrected chi connectivity index (χ4v) is 7.03. The highest BCUT2D eigenvalue weighted by Crippen LogP contribution is 2.45. The van der Waals surface area contributed by atoms with Crippen molar-refractivity contribution in [3.63, 3.8) is 0 Å². The largest absolute Gasteiger partial charge is 0.491 e. The summed E-state index contributed by atoms with van der Waals surface area (Å²) in [6, 6.07) is 0. The number of rotatable bonds is 4. The quantitative estimate of drug-likeness (QED) is 0.189. The number of allylic oxidation sites excluding steroid dienone is 8. The third-order valence-corrected chi connectivity index (χ3v) is 8.95. The molecule has 4 unspecified atom stereocenters. The van der Waals surface area contributed by atoms with Crippen molar-refractivity contribution < 1.29 is 57.4 Å². The first-order valence-electron chi connectivity index (χ1n) is 9.61. The van der Waals surface area contributed by atoms with Gasteiger partial charge in [-0.2, -0.15) is 4.39 Å². The Morgan fingerprint density at radius 2 is 1.09 bits per heavy atom. The molecule has 0 saturated carbocycles. The molecule has 2 aliphatic carbocycles. The van der Waals surface area contributed by atoms with E-state index < -0.39 is 103 Å². The molecule has 0 aliphatic heterocycles. The van der Waals surface area contributed by atoms with E-state index in [1.165, 1.54) is 0 Å². The van der Waals surface area contributed by atoms with Crippen LogP contribution in [0.4, 0.5) is 52.7 Å². The van der Waals surface area contributed by atoms with Gasteiger partial charge in [-0.25, -0.2) is 48.3 Å². The van der Waals surface area contributed by atoms with E-state index in [0.29, 0.717) is 21.0 Å². The van der Waals surface area contributed by atoms with Gasteiger partial charge in [-0.1, -0.05) is 0 Å². The number of ether oxygens (including phenoxy) is 1. The third-order valence-electron chi connectivity index (χ3n) is 5.61. The van der Waals surface area contributed by atoms with Crippen molar-refractivity contribution in [2.24, 2.45) is 0 Å². The lowest BCUT2D eigenvalue weighted by Gasteiger charge is -2.32. The molecule has 1 nitrogen and oxygen atoms in total. The second-order valence-corrected chi connectivity index (χ2v) is 10.8. The van der Waals surface area contributed by atoms with E-state index in [-0.39, 0.29) is 12.2 Å². The van der Waals surface area contributed by atoms with Gasteiger partial charge in [0.05, 0.1) is 7.11 Å². The first-order valence-corrected chi connectivity index (χ1v) is 11.3. The lowest BCUT2D eigenvalue weighted by atomic mass is 9.95. The molecule has 0 N–H and O–H groups in total. The van der Waals surface area contributed by atoms with Crippen molar-refractivity contribution >= 4 is 18.6 Å². The molecule has 1 aromatic carbocycles. The van der Waals surface area contributed by atoms with Crippen LogP contribution in [0.5, 0.6) is 5.75 Å². The predicted molar refractivity (Wildman–Crippen MR) is 102 cm³/mol. The summed E-state index contributed by atoms with van der Waals surface area (Å²) >= 11 is -5.28. The van der Waals surface area contributed by atoms with Crippen molar-refractivity contribution in [2.45, 2.75) is 37.5 Å². The van der Waals surface area contributed by atoms with E-state index >= 15 is 4.39 Å². The maximum Gasteiger partial charge on any atom is 0.411 e. The Labute approximate surface area is 194 Å². The summed E-state index contributed by atoms with van der Waals surface area (Å²) in [5.41, 5.74) is -6.76. The molecule has 190 valence electrons. The Kier molecular flexibility index (Phi) is 6.98. The van der Waals surface area contributed by atoms with E-state index in [4.69, 9.17) is 0 Å². The van der Waals surface area contributed by atoms with E-state index in [1.807, 2.05) is 0 Å². The molecule has 35 heavy (non-hydrogen) atoms. The average molecular weight is 536 g/mol. The zero-order chi connectivity index (χ0) is 26.8. The Bertz CT molecular complexity index is 1160. The molecule has 0 heterocycles. The minimum absolute atomic E-state index is 0.210. The first-order chi connectivity index (χ1) is 16.0. The lowest BCUT2D eigenvalue weighted by Crippen LogP contribution is -2.47. The van der Waals surface area contributed by atoms with Gasteiger partial charge in [-0.3, -0.25) is 0 Å². The van der Waals surface area contributed by atoms with Crippen LogP contribution >= 0.6 is 0 Å². The monoisotopic (exact) mass is 536 g/mol. The normalized spacial score (nSPS) is 29.3. The van der Waals surface area contributed by atoms with Crippen molar-refractivity contribution in [1.82, 2.24) is 0 Å². The van der Waals surface area contributed by atoms with Crippen molar-refractivity contribution in [3.8, 4) is 5.75 Å². The zero-order valence-corrected chi connectivity index (χ0v) is 19.0. The van der Waals surface area contributed by atoms with Crippen LogP contribution in [0.15, 0.2) is 44.3 Å². The number of halogens is 12. The maximum atomic E-state index is 15.1. The fraction of sp³-hybridized carbons (Fsp3) is 0.333. The van der Waals surface area contributed by atoms with Crippen LogP contribution in [0.1, 0.15) is 13.8 Å². The predicted octanol–water partition coefficient (Wildman–Crippen LogP) is 6.35. The average Bonchev–Trinajstić information content (AvgIpc) is 2.74. The van der Waals surface area contributed by atoms with E-state index in [1.54, 1.807) is 0 Å². The summed E-state index contributed by atoms with van der Waals surface area (Å²) in [5, 5.41) is 0. The Morgan fingerprint density at radius 1 is 0.686 bits per heavy atom. The Morgan fingerprint density at radius 3 is 1.46 bits per heavy atom. The zero-order valence-electron chi connectivity index (χ0n) is 17.8. The molecule has 1 aromatic rings. The van der Waals surface area contributed by atoms with Crippen LogP contribution in [0.2, 0.25) is 0 Å². The van der Waals surface area contributed by atoms with E-state index in [0.717, 1.165) is 0 Å². The highest BCUT2D eigenvalue weighted by atomic mass is 27.2. The smallest absolute Gasteiger partial charge is 0.411 e. The summed E-state index contributed by atoms with van der Waals surface area (Å²) in [6.45, 7) is 0.720. The molecule has 0 aromatic heterocycles. The second kappa shape index (κ2) is 8.96. The van der Waals surface area contributed by atoms with Crippen LogP contribution < -0.4 is 9.16 Å². The third kappa shape index (κ3) is 4.18. The number of benzene rings is 1. The summed E-state index contributed by atoms with van der Waals surface area (Å²) in [6.07, 6.45) is -7.18. The van der Waals surface area contributed by atoms with Crippen LogP contribution in [0.3, 0.4) is 0 Å². The molecule has 0 amide bonds. The SMILES string of the molecule is COc1c(F)c(F)c(F)[c]([Al]([C]2=C(F)C(F)C(C)(F)C=C2F)[C]2=C(F)C(F)C(C)(F)C=C2F)c1F. The number of alkyl halides is 4. The van der Waals surface area contributed by atoms with Gasteiger partial charge in [-0.15, -0.1) is 0 Å². The molecule has 0 saturated heterocycles. The van der Waals surface area contributed by atoms with Crippen LogP contribution in [0.25, 0.3) is 0 Å². The van der Waals surface area contributed by atoms with Crippen LogP contribution in [-0.2, 0) is 0 Å². The van der Waals surface area contributed by atoms with Gasteiger partial charge in [0.2, 0.25) is 5.82 Å². The van der Waals surface area contributed by atoms with Gasteiger partial charge in [0.25, 0.3) is 0 Å². The molecule has 0 fully saturated rings. The highest BCUT2D eigenvalue weighted by molar-refractivity contribution is 6.87. The molecule has 3 rings (SSSR count). The van der Waals surface area contributed by atoms with Gasteiger partial charge >= 0.3 is 14.1 Å². The molecule has 4 atom stereocenters. The standard InChI is InChI=1S/C7H3F4O.2C7H5F4.Al/c1-12-7-4(9)2-3(8)5(10)6(7)11;2*1-7(11)3-4(8)2-5(9)6(7)10;/h1H3;2*3,6H,1H3;. The number of hydrogen-bond acceptors (Lipinski definition) is 1. The van der Waals surface area contributed by atoms with Gasteiger partial charge in [-0.05, 0) is 39.3 Å². The molecule has 0 spiro atoms. The molecule has 0 bridgehead atoms. The highest BCUT2D eigenvalue weighted by Gasteiger charge is 2.54. The number of hydrogen-bond donors (Lipinski definition) is 0. The summed E-state index contributed by atoms with van der Waals surface area (Å²) < 4.78 is 174. The lowest BCUT2D eigenvalue weighted by molar-refractivity contribution is 0.113. The fourth-order valence-electron chi connectivity index (χ4n) is 3.84. The molecular weight excluding hydrogens is 523 g/mol. The molecule has 14 heteroatoms. The van der Waals surface area contributed by atoms with E-state index in [2.05, 4.69) is 4.74 Å². The number of methoxy groups -OCH3 is 1. The minimum Gasteiger partial charge on any atom is -0.491 e. The summed E-state index contributed by atoms with van der Waals surface area (Å²) in [7, 11) is 0.555. The van der Waals surface area contributed by atoms with Crippen molar-refractivity contribution in [2.75, 3.05) is 7.11 Å². The maximum absolute atomic E-state index is 15.1. The van der Waals surface area contributed by atoms with Gasteiger partial charge < -0.3 is 4.74 Å². The molecule has 2 aliphatic rings. The molecule has 0 radical (unpaired) electrons. The van der Waals surface area contributed by atoms with Crippen molar-refractivity contribution in [1.29, 1.82) is 0 Å².